The fraction of sp³-hybridized carbons (Fsp3) is 0.700. The Morgan fingerprint density at radius 3 is 2.18 bits per heavy atom. The van der Waals surface area contributed by atoms with Crippen molar-refractivity contribution >= 4 is 13.8 Å². The van der Waals surface area contributed by atoms with Crippen LogP contribution >= 0.6 is 7.82 Å². The monoisotopic (exact) mass is 264 g/mol. The number of ether oxygens (including phenoxy) is 1. The lowest BCUT2D eigenvalue weighted by molar-refractivity contribution is -0.341. The Balaban J connectivity index is 3.28. The van der Waals surface area contributed by atoms with Crippen molar-refractivity contribution < 1.29 is 28.4 Å². The van der Waals surface area contributed by atoms with E-state index >= 15 is 0 Å². The van der Waals surface area contributed by atoms with Gasteiger partial charge in [-0.15, -0.1) is 0 Å². The molecule has 0 unspecified atom stereocenters. The van der Waals surface area contributed by atoms with E-state index < -0.39 is 13.8 Å². The van der Waals surface area contributed by atoms with Crippen LogP contribution in [0.4, 0.5) is 0 Å². The van der Waals surface area contributed by atoms with Gasteiger partial charge in [-0.05, 0) is 26.2 Å². The van der Waals surface area contributed by atoms with E-state index in [1.54, 1.807) is 6.92 Å². The molecule has 17 heavy (non-hydrogen) atoms. The average Bonchev–Trinajstić information content (AvgIpc) is 2.19. The van der Waals surface area contributed by atoms with Gasteiger partial charge in [0.25, 0.3) is 0 Å². The molecule has 0 spiro atoms. The number of carbonyl (C=O) groups excluding carboxylic acids is 1. The number of phosphoric acid groups is 1. The molecule has 0 saturated heterocycles. The first kappa shape index (κ1) is 16.3. The summed E-state index contributed by atoms with van der Waals surface area (Å²) in [5.41, 5.74) is 0.361. The maximum Gasteiger partial charge on any atom is 0.333 e. The molecule has 0 fully saturated rings. The Labute approximate surface area is 101 Å². The van der Waals surface area contributed by atoms with Crippen LogP contribution in [0.1, 0.15) is 32.6 Å². The van der Waals surface area contributed by atoms with Crippen LogP contribution < -0.4 is 9.79 Å². The lowest BCUT2D eigenvalue weighted by Crippen LogP contribution is -2.16. The third-order valence-corrected chi connectivity index (χ3v) is 2.37. The maximum atomic E-state index is 10.9. The summed E-state index contributed by atoms with van der Waals surface area (Å²) >= 11 is 0. The highest BCUT2D eigenvalue weighted by atomic mass is 31.2. The summed E-state index contributed by atoms with van der Waals surface area (Å²) < 4.78 is 19.0. The first-order valence-corrected chi connectivity index (χ1v) is 6.78. The van der Waals surface area contributed by atoms with Crippen LogP contribution in [0.25, 0.3) is 0 Å². The van der Waals surface area contributed by atoms with Gasteiger partial charge in [-0.1, -0.05) is 13.0 Å². The molecule has 0 aromatic heterocycles. The molecule has 0 saturated carbocycles. The summed E-state index contributed by atoms with van der Waals surface area (Å²) in [4.78, 5) is 31.1. The van der Waals surface area contributed by atoms with E-state index in [1.807, 2.05) is 0 Å². The molecule has 0 aromatic rings. The molecule has 0 aliphatic carbocycles. The molecule has 0 atom stereocenters. The maximum absolute atomic E-state index is 10.9. The largest absolute Gasteiger partial charge is 0.790 e. The fourth-order valence-electron chi connectivity index (χ4n) is 1.02. The minimum absolute atomic E-state index is 0.0875. The standard InChI is InChI=1S/C10H19O6P/c1-9(2)10(11)15-7-5-3-4-6-8-16-17(12,13)14/h1,3-8H2,2H3,(H2,12,13,14)/p-2. The smallest absolute Gasteiger partial charge is 0.333 e. The normalized spacial score (nSPS) is 11.2. The van der Waals surface area contributed by atoms with E-state index in [4.69, 9.17) is 4.74 Å². The van der Waals surface area contributed by atoms with Crippen LogP contribution in [-0.2, 0) is 18.6 Å². The molecule has 0 amide bonds. The zero-order valence-corrected chi connectivity index (χ0v) is 10.7. The highest BCUT2D eigenvalue weighted by Crippen LogP contribution is 2.24. The van der Waals surface area contributed by atoms with Crippen molar-refractivity contribution in [1.82, 2.24) is 0 Å². The minimum Gasteiger partial charge on any atom is -0.790 e. The molecule has 0 aliphatic heterocycles. The molecule has 0 N–H and O–H groups in total. The SMILES string of the molecule is C=C(C)C(=O)OCCCCCCOP(=O)([O-])[O-]. The van der Waals surface area contributed by atoms with Gasteiger partial charge in [0.05, 0.1) is 21.0 Å². The first-order valence-electron chi connectivity index (χ1n) is 5.32. The number of hydrogen-bond acceptors (Lipinski definition) is 6. The summed E-state index contributed by atoms with van der Waals surface area (Å²) in [6, 6.07) is 0. The summed E-state index contributed by atoms with van der Waals surface area (Å²) in [5.74, 6) is -0.410. The van der Waals surface area contributed by atoms with Crippen LogP contribution in [0.5, 0.6) is 0 Å². The summed E-state index contributed by atoms with van der Waals surface area (Å²) in [7, 11) is -4.83. The molecule has 0 rings (SSSR count). The van der Waals surface area contributed by atoms with Crippen molar-refractivity contribution in [3.63, 3.8) is 0 Å². The third-order valence-electron chi connectivity index (χ3n) is 1.87. The van der Waals surface area contributed by atoms with E-state index in [1.165, 1.54) is 0 Å². The van der Waals surface area contributed by atoms with Gasteiger partial charge >= 0.3 is 5.97 Å². The number of carbonyl (C=O) groups is 1. The van der Waals surface area contributed by atoms with Crippen molar-refractivity contribution in [2.45, 2.75) is 32.6 Å². The van der Waals surface area contributed by atoms with Gasteiger partial charge in [0.2, 0.25) is 0 Å². The van der Waals surface area contributed by atoms with Crippen molar-refractivity contribution in [2.24, 2.45) is 0 Å². The van der Waals surface area contributed by atoms with Gasteiger partial charge in [-0.2, -0.15) is 0 Å². The molecule has 0 aliphatic rings. The quantitative estimate of drug-likeness (QED) is 0.260. The highest BCUT2D eigenvalue weighted by molar-refractivity contribution is 7.43. The van der Waals surface area contributed by atoms with E-state index in [-0.39, 0.29) is 6.61 Å². The lowest BCUT2D eigenvalue weighted by atomic mass is 10.2. The Morgan fingerprint density at radius 2 is 1.71 bits per heavy atom. The molecule has 7 heteroatoms. The van der Waals surface area contributed by atoms with E-state index in [9.17, 15) is 19.1 Å². The van der Waals surface area contributed by atoms with Gasteiger partial charge in [0, 0.05) is 5.57 Å². The molecule has 0 aromatic carbocycles. The van der Waals surface area contributed by atoms with Gasteiger partial charge in [0.15, 0.2) is 0 Å². The van der Waals surface area contributed by atoms with Crippen molar-refractivity contribution in [2.75, 3.05) is 13.2 Å². The molecule has 0 radical (unpaired) electrons. The molecule has 0 bridgehead atoms. The summed E-state index contributed by atoms with van der Waals surface area (Å²) in [6.45, 7) is 5.24. The van der Waals surface area contributed by atoms with Crippen molar-refractivity contribution in [3.8, 4) is 0 Å². The lowest BCUT2D eigenvalue weighted by Gasteiger charge is -2.28. The van der Waals surface area contributed by atoms with Gasteiger partial charge in [0.1, 0.15) is 0 Å². The van der Waals surface area contributed by atoms with Crippen molar-refractivity contribution in [1.29, 1.82) is 0 Å². The third kappa shape index (κ3) is 11.6. The van der Waals surface area contributed by atoms with Gasteiger partial charge in [-0.3, -0.25) is 0 Å². The van der Waals surface area contributed by atoms with E-state index in [0.29, 0.717) is 31.4 Å². The topological polar surface area (TPSA) is 98.7 Å². The minimum atomic E-state index is -4.83. The molecule has 6 nitrogen and oxygen atoms in total. The van der Waals surface area contributed by atoms with E-state index in [2.05, 4.69) is 11.1 Å². The Hall–Kier alpha value is -0.680. The number of rotatable bonds is 9. The van der Waals surface area contributed by atoms with E-state index in [0.717, 1.165) is 6.42 Å². The summed E-state index contributed by atoms with van der Waals surface area (Å²) in [6.07, 6.45) is 2.66. The fourth-order valence-corrected chi connectivity index (χ4v) is 1.37. The number of hydrogen-bond donors (Lipinski definition) is 0. The van der Waals surface area contributed by atoms with Gasteiger partial charge < -0.3 is 23.6 Å². The second-order valence-corrected chi connectivity index (χ2v) is 4.76. The zero-order valence-electron chi connectivity index (χ0n) is 9.85. The van der Waals surface area contributed by atoms with Crippen LogP contribution in [-0.4, -0.2) is 19.2 Å². The van der Waals surface area contributed by atoms with Crippen LogP contribution in [0.15, 0.2) is 12.2 Å². The average molecular weight is 264 g/mol. The molecule has 100 valence electrons. The molecular formula is C10H17O6P-2. The Bertz CT molecular complexity index is 295. The number of phosphoric ester groups is 1. The first-order chi connectivity index (χ1) is 7.83. The van der Waals surface area contributed by atoms with Gasteiger partial charge in [-0.25, -0.2) is 4.79 Å². The second-order valence-electron chi connectivity index (χ2n) is 3.61. The Morgan fingerprint density at radius 1 is 1.18 bits per heavy atom. The zero-order chi connectivity index (χ0) is 13.3. The summed E-state index contributed by atoms with van der Waals surface area (Å²) in [5, 5.41) is 0. The number of unbranched alkanes of at least 4 members (excludes halogenated alkanes) is 3. The van der Waals surface area contributed by atoms with Crippen LogP contribution in [0.3, 0.4) is 0 Å². The van der Waals surface area contributed by atoms with Crippen LogP contribution in [0.2, 0.25) is 0 Å². The van der Waals surface area contributed by atoms with Crippen molar-refractivity contribution in [3.05, 3.63) is 12.2 Å². The molecule has 0 heterocycles. The number of esters is 1. The second kappa shape index (κ2) is 8.42. The predicted molar refractivity (Wildman–Crippen MR) is 57.8 cm³/mol. The Kier molecular flexibility index (Phi) is 8.08. The highest BCUT2D eigenvalue weighted by Gasteiger charge is 2.01. The molecular weight excluding hydrogens is 247 g/mol. The predicted octanol–water partition coefficient (Wildman–Crippen LogP) is 0.511. The van der Waals surface area contributed by atoms with Crippen LogP contribution in [0, 0.1) is 0 Å².